The summed E-state index contributed by atoms with van der Waals surface area (Å²) in [5, 5.41) is 11.5. The van der Waals surface area contributed by atoms with Crippen LogP contribution in [0.2, 0.25) is 5.02 Å². The van der Waals surface area contributed by atoms with Gasteiger partial charge in [0.05, 0.1) is 27.4 Å². The van der Waals surface area contributed by atoms with Crippen LogP contribution in [-0.2, 0) is 11.2 Å². The summed E-state index contributed by atoms with van der Waals surface area (Å²) in [5.74, 6) is 1.30. The molecule has 0 bridgehead atoms. The number of halogens is 1. The summed E-state index contributed by atoms with van der Waals surface area (Å²) in [5.41, 5.74) is 3.15. The number of ether oxygens (including phenoxy) is 3. The number of nitrogens with zero attached hydrogens (tertiary/aromatic N) is 1. The van der Waals surface area contributed by atoms with Crippen LogP contribution in [0, 0.1) is 0 Å². The minimum atomic E-state index is -0.460. The summed E-state index contributed by atoms with van der Waals surface area (Å²) in [7, 11) is 4.77. The smallest absolute Gasteiger partial charge is 0.289 e. The van der Waals surface area contributed by atoms with Gasteiger partial charge in [-0.3, -0.25) is 4.79 Å². The highest BCUT2D eigenvalue weighted by molar-refractivity contribution is 6.30. The van der Waals surface area contributed by atoms with Crippen molar-refractivity contribution in [3.8, 4) is 17.2 Å². The Morgan fingerprint density at radius 1 is 0.882 bits per heavy atom. The third kappa shape index (κ3) is 4.54. The number of amides is 1. The van der Waals surface area contributed by atoms with Crippen molar-refractivity contribution in [2.24, 2.45) is 0 Å². The van der Waals surface area contributed by atoms with Crippen molar-refractivity contribution >= 4 is 23.1 Å². The molecule has 0 saturated heterocycles. The topological polar surface area (TPSA) is 68.2 Å². The van der Waals surface area contributed by atoms with E-state index in [0.717, 1.165) is 16.7 Å². The third-order valence-electron chi connectivity index (χ3n) is 5.98. The first kappa shape index (κ1) is 23.5. The first-order valence-electron chi connectivity index (χ1n) is 10.8. The second kappa shape index (κ2) is 10.1. The van der Waals surface area contributed by atoms with E-state index in [-0.39, 0.29) is 5.76 Å². The van der Waals surface area contributed by atoms with Gasteiger partial charge in [-0.2, -0.15) is 0 Å². The fourth-order valence-electron chi connectivity index (χ4n) is 4.23. The predicted octanol–water partition coefficient (Wildman–Crippen LogP) is 5.46. The molecule has 0 spiro atoms. The highest BCUT2D eigenvalue weighted by atomic mass is 35.5. The van der Waals surface area contributed by atoms with Crippen LogP contribution in [0.15, 0.2) is 72.5 Å². The van der Waals surface area contributed by atoms with Crippen LogP contribution < -0.4 is 14.2 Å². The molecule has 7 heteroatoms. The van der Waals surface area contributed by atoms with E-state index in [1.807, 2.05) is 54.6 Å². The van der Waals surface area contributed by atoms with Crippen molar-refractivity contribution in [3.63, 3.8) is 0 Å². The molecule has 6 nitrogen and oxygen atoms in total. The molecule has 1 amide bonds. The SMILES string of the molecule is COc1ccc(C2=C(O)C(=O)N(CCc3ccc(OC)c(OC)c3)C2c2ccc(Cl)cc2)cc1. The van der Waals surface area contributed by atoms with Crippen LogP contribution in [0.5, 0.6) is 17.2 Å². The van der Waals surface area contributed by atoms with E-state index in [2.05, 4.69) is 0 Å². The van der Waals surface area contributed by atoms with Gasteiger partial charge in [-0.1, -0.05) is 41.9 Å². The van der Waals surface area contributed by atoms with E-state index in [1.54, 1.807) is 38.4 Å². The maximum absolute atomic E-state index is 13.2. The van der Waals surface area contributed by atoms with E-state index in [0.29, 0.717) is 40.8 Å². The fraction of sp³-hybridized carbons (Fsp3) is 0.222. The number of aliphatic hydroxyl groups is 1. The number of hydrogen-bond acceptors (Lipinski definition) is 5. The van der Waals surface area contributed by atoms with E-state index in [4.69, 9.17) is 25.8 Å². The zero-order valence-corrected chi connectivity index (χ0v) is 20.0. The quantitative estimate of drug-likeness (QED) is 0.464. The highest BCUT2D eigenvalue weighted by Crippen LogP contribution is 2.43. The molecule has 4 rings (SSSR count). The molecule has 0 radical (unpaired) electrons. The third-order valence-corrected chi connectivity index (χ3v) is 6.23. The summed E-state index contributed by atoms with van der Waals surface area (Å²) in [6.07, 6.45) is 0.569. The van der Waals surface area contributed by atoms with Gasteiger partial charge in [-0.05, 0) is 59.5 Å². The van der Waals surface area contributed by atoms with Crippen molar-refractivity contribution in [3.05, 3.63) is 94.2 Å². The minimum absolute atomic E-state index is 0.252. The molecule has 1 N–H and O–H groups in total. The number of hydrogen-bond donors (Lipinski definition) is 1. The number of carbonyl (C=O) groups is 1. The average molecular weight is 480 g/mol. The van der Waals surface area contributed by atoms with Crippen molar-refractivity contribution in [1.82, 2.24) is 4.90 Å². The van der Waals surface area contributed by atoms with Gasteiger partial charge in [0.15, 0.2) is 17.3 Å². The van der Waals surface area contributed by atoms with Crippen LogP contribution in [0.1, 0.15) is 22.7 Å². The summed E-state index contributed by atoms with van der Waals surface area (Å²) in [6, 6.07) is 19.9. The maximum atomic E-state index is 13.2. The summed E-state index contributed by atoms with van der Waals surface area (Å²) in [6.45, 7) is 0.394. The van der Waals surface area contributed by atoms with Crippen LogP contribution in [0.25, 0.3) is 5.57 Å². The lowest BCUT2D eigenvalue weighted by atomic mass is 9.93. The molecule has 176 valence electrons. The Balaban J connectivity index is 1.68. The van der Waals surface area contributed by atoms with Crippen molar-refractivity contribution in [2.45, 2.75) is 12.5 Å². The molecule has 1 aliphatic heterocycles. The van der Waals surface area contributed by atoms with Crippen LogP contribution >= 0.6 is 11.6 Å². The molecule has 0 aliphatic carbocycles. The average Bonchev–Trinajstić information content (AvgIpc) is 3.12. The van der Waals surface area contributed by atoms with E-state index in [9.17, 15) is 9.90 Å². The van der Waals surface area contributed by atoms with Gasteiger partial charge in [-0.15, -0.1) is 0 Å². The normalized spacial score (nSPS) is 15.6. The molecule has 1 heterocycles. The maximum Gasteiger partial charge on any atom is 0.289 e. The molecule has 1 atom stereocenters. The highest BCUT2D eigenvalue weighted by Gasteiger charge is 2.40. The summed E-state index contributed by atoms with van der Waals surface area (Å²) >= 11 is 6.12. The largest absolute Gasteiger partial charge is 0.503 e. The Kier molecular flexibility index (Phi) is 6.98. The molecule has 3 aromatic carbocycles. The zero-order valence-electron chi connectivity index (χ0n) is 19.2. The van der Waals surface area contributed by atoms with Crippen LogP contribution in [0.3, 0.4) is 0 Å². The molecule has 34 heavy (non-hydrogen) atoms. The molecule has 0 saturated carbocycles. The molecule has 0 aromatic heterocycles. The molecular formula is C27H26ClNO5. The number of benzene rings is 3. The van der Waals surface area contributed by atoms with Gasteiger partial charge in [0.2, 0.25) is 0 Å². The van der Waals surface area contributed by atoms with Gasteiger partial charge < -0.3 is 24.2 Å². The molecule has 1 unspecified atom stereocenters. The van der Waals surface area contributed by atoms with E-state index < -0.39 is 11.9 Å². The van der Waals surface area contributed by atoms with Gasteiger partial charge in [-0.25, -0.2) is 0 Å². The Bertz CT molecular complexity index is 1200. The van der Waals surface area contributed by atoms with Crippen molar-refractivity contribution in [2.75, 3.05) is 27.9 Å². The monoisotopic (exact) mass is 479 g/mol. The van der Waals surface area contributed by atoms with Gasteiger partial charge in [0.1, 0.15) is 5.75 Å². The Hall–Kier alpha value is -3.64. The number of rotatable bonds is 8. The Labute approximate surface area is 203 Å². The zero-order chi connectivity index (χ0) is 24.2. The number of carbonyl (C=O) groups excluding carboxylic acids is 1. The Morgan fingerprint density at radius 2 is 1.56 bits per heavy atom. The van der Waals surface area contributed by atoms with Crippen LogP contribution in [0.4, 0.5) is 0 Å². The van der Waals surface area contributed by atoms with E-state index in [1.165, 1.54) is 0 Å². The first-order valence-corrected chi connectivity index (χ1v) is 11.2. The van der Waals surface area contributed by atoms with Gasteiger partial charge in [0.25, 0.3) is 5.91 Å². The Morgan fingerprint density at radius 3 is 2.18 bits per heavy atom. The molecule has 0 fully saturated rings. The van der Waals surface area contributed by atoms with Crippen LogP contribution in [-0.4, -0.2) is 43.8 Å². The summed E-state index contributed by atoms with van der Waals surface area (Å²) in [4.78, 5) is 14.9. The fourth-order valence-corrected chi connectivity index (χ4v) is 4.35. The van der Waals surface area contributed by atoms with Gasteiger partial charge >= 0.3 is 0 Å². The standard InChI is InChI=1S/C27H26ClNO5/c1-32-21-11-7-18(8-12-21)24-25(19-5-9-20(28)10-6-19)29(27(31)26(24)30)15-14-17-4-13-22(33-2)23(16-17)34-3/h4-13,16,25,30H,14-15H2,1-3H3. The predicted molar refractivity (Wildman–Crippen MR) is 132 cm³/mol. The lowest BCUT2D eigenvalue weighted by Crippen LogP contribution is -2.32. The minimum Gasteiger partial charge on any atom is -0.503 e. The number of methoxy groups -OCH3 is 3. The second-order valence-electron chi connectivity index (χ2n) is 7.88. The van der Waals surface area contributed by atoms with Crippen molar-refractivity contribution in [1.29, 1.82) is 0 Å². The molecular weight excluding hydrogens is 454 g/mol. The number of aliphatic hydroxyl groups excluding tert-OH is 1. The molecule has 3 aromatic rings. The van der Waals surface area contributed by atoms with E-state index >= 15 is 0 Å². The van der Waals surface area contributed by atoms with Gasteiger partial charge in [0, 0.05) is 17.1 Å². The second-order valence-corrected chi connectivity index (χ2v) is 8.32. The molecule has 1 aliphatic rings. The lowest BCUT2D eigenvalue weighted by Gasteiger charge is -2.27. The van der Waals surface area contributed by atoms with Crippen molar-refractivity contribution < 1.29 is 24.1 Å². The lowest BCUT2D eigenvalue weighted by molar-refractivity contribution is -0.129. The first-order chi connectivity index (χ1) is 16.5. The summed E-state index contributed by atoms with van der Waals surface area (Å²) < 4.78 is 16.0.